The Kier molecular flexibility index (Phi) is 4.63. The predicted octanol–water partition coefficient (Wildman–Crippen LogP) is 3.29. The first-order valence-corrected chi connectivity index (χ1v) is 6.40. The molecule has 0 spiro atoms. The molecule has 17 heavy (non-hydrogen) atoms. The average Bonchev–Trinajstić information content (AvgIpc) is 2.88. The maximum atomic E-state index is 5.32. The number of hydrogen-bond acceptors (Lipinski definition) is 2. The summed E-state index contributed by atoms with van der Waals surface area (Å²) in [6, 6.07) is 8.18. The molecule has 0 unspecified atom stereocenters. The summed E-state index contributed by atoms with van der Waals surface area (Å²) >= 11 is 0. The molecular formula is C15H21NO. The van der Waals surface area contributed by atoms with Crippen molar-refractivity contribution in [3.63, 3.8) is 0 Å². The van der Waals surface area contributed by atoms with Gasteiger partial charge in [0, 0.05) is 12.1 Å². The van der Waals surface area contributed by atoms with Gasteiger partial charge in [0.25, 0.3) is 0 Å². The largest absolute Gasteiger partial charge is 0.496 e. The highest BCUT2D eigenvalue weighted by Gasteiger charge is 2.04. The number of benzene rings is 1. The van der Waals surface area contributed by atoms with E-state index in [4.69, 9.17) is 4.74 Å². The van der Waals surface area contributed by atoms with Crippen molar-refractivity contribution in [3.8, 4) is 5.75 Å². The van der Waals surface area contributed by atoms with E-state index < -0.39 is 0 Å². The molecule has 0 aromatic heterocycles. The number of rotatable bonds is 6. The fourth-order valence-electron chi connectivity index (χ4n) is 2.29. The van der Waals surface area contributed by atoms with Gasteiger partial charge >= 0.3 is 0 Å². The second kappa shape index (κ2) is 6.45. The summed E-state index contributed by atoms with van der Waals surface area (Å²) in [5, 5.41) is 3.48. The van der Waals surface area contributed by atoms with Crippen LogP contribution in [0.4, 0.5) is 0 Å². The van der Waals surface area contributed by atoms with Crippen molar-refractivity contribution in [3.05, 3.63) is 41.5 Å². The summed E-state index contributed by atoms with van der Waals surface area (Å²) in [7, 11) is 1.72. The first kappa shape index (κ1) is 12.2. The van der Waals surface area contributed by atoms with Crippen LogP contribution in [0.1, 0.15) is 31.2 Å². The molecule has 0 atom stereocenters. The minimum Gasteiger partial charge on any atom is -0.496 e. The third kappa shape index (κ3) is 3.60. The van der Waals surface area contributed by atoms with E-state index in [1.807, 2.05) is 12.1 Å². The molecule has 1 aromatic rings. The normalized spacial score (nSPS) is 14.8. The van der Waals surface area contributed by atoms with Crippen molar-refractivity contribution in [2.24, 2.45) is 0 Å². The zero-order valence-electron chi connectivity index (χ0n) is 10.5. The fraction of sp³-hybridized carbons (Fsp3) is 0.467. The summed E-state index contributed by atoms with van der Waals surface area (Å²) in [6.45, 7) is 1.95. The Hall–Kier alpha value is -1.28. The predicted molar refractivity (Wildman–Crippen MR) is 71.3 cm³/mol. The third-order valence-electron chi connectivity index (χ3n) is 3.27. The maximum absolute atomic E-state index is 5.32. The number of hydrogen-bond donors (Lipinski definition) is 1. The first-order valence-electron chi connectivity index (χ1n) is 6.40. The van der Waals surface area contributed by atoms with E-state index in [1.54, 1.807) is 12.7 Å². The van der Waals surface area contributed by atoms with Gasteiger partial charge in [-0.15, -0.1) is 0 Å². The summed E-state index contributed by atoms with van der Waals surface area (Å²) in [4.78, 5) is 0. The van der Waals surface area contributed by atoms with Gasteiger partial charge < -0.3 is 10.1 Å². The van der Waals surface area contributed by atoms with E-state index in [0.29, 0.717) is 0 Å². The van der Waals surface area contributed by atoms with Crippen LogP contribution in [0.2, 0.25) is 0 Å². The molecule has 0 fully saturated rings. The minimum atomic E-state index is 0.886. The molecule has 0 saturated heterocycles. The molecule has 1 aliphatic rings. The zero-order chi connectivity index (χ0) is 11.9. The molecule has 0 saturated carbocycles. The van der Waals surface area contributed by atoms with Crippen LogP contribution in [0, 0.1) is 0 Å². The van der Waals surface area contributed by atoms with Crippen molar-refractivity contribution in [2.45, 2.75) is 32.2 Å². The topological polar surface area (TPSA) is 21.3 Å². The van der Waals surface area contributed by atoms with E-state index in [-0.39, 0.29) is 0 Å². The molecule has 2 heteroatoms. The molecule has 0 heterocycles. The number of allylic oxidation sites excluding steroid dienone is 1. The van der Waals surface area contributed by atoms with Gasteiger partial charge in [-0.1, -0.05) is 29.8 Å². The zero-order valence-corrected chi connectivity index (χ0v) is 10.5. The third-order valence-corrected chi connectivity index (χ3v) is 3.27. The second-order valence-corrected chi connectivity index (χ2v) is 4.49. The lowest BCUT2D eigenvalue weighted by Crippen LogP contribution is -2.15. The summed E-state index contributed by atoms with van der Waals surface area (Å²) < 4.78 is 5.32. The number of methoxy groups -OCH3 is 1. The highest BCUT2D eigenvalue weighted by molar-refractivity contribution is 5.32. The Morgan fingerprint density at radius 3 is 2.94 bits per heavy atom. The van der Waals surface area contributed by atoms with Gasteiger partial charge in [0.2, 0.25) is 0 Å². The summed E-state index contributed by atoms with van der Waals surface area (Å²) in [5.41, 5.74) is 2.85. The lowest BCUT2D eigenvalue weighted by molar-refractivity contribution is 0.408. The fourth-order valence-corrected chi connectivity index (χ4v) is 2.29. The summed E-state index contributed by atoms with van der Waals surface area (Å²) in [6.07, 6.45) is 7.51. The molecule has 2 rings (SSSR count). The van der Waals surface area contributed by atoms with Crippen LogP contribution in [-0.2, 0) is 6.54 Å². The molecule has 0 radical (unpaired) electrons. The van der Waals surface area contributed by atoms with Gasteiger partial charge in [-0.3, -0.25) is 0 Å². The van der Waals surface area contributed by atoms with Crippen LogP contribution in [0.25, 0.3) is 0 Å². The van der Waals surface area contributed by atoms with Crippen LogP contribution in [-0.4, -0.2) is 13.7 Å². The second-order valence-electron chi connectivity index (χ2n) is 4.49. The molecule has 0 aliphatic heterocycles. The van der Waals surface area contributed by atoms with E-state index >= 15 is 0 Å². The Morgan fingerprint density at radius 2 is 2.18 bits per heavy atom. The van der Waals surface area contributed by atoms with E-state index in [0.717, 1.165) is 18.8 Å². The quantitative estimate of drug-likeness (QED) is 0.599. The molecular weight excluding hydrogens is 210 g/mol. The first-order chi connectivity index (χ1) is 8.40. The molecule has 92 valence electrons. The van der Waals surface area contributed by atoms with Crippen LogP contribution in [0.3, 0.4) is 0 Å². The Morgan fingerprint density at radius 1 is 1.29 bits per heavy atom. The molecule has 1 aromatic carbocycles. The van der Waals surface area contributed by atoms with Crippen LogP contribution in [0.5, 0.6) is 5.75 Å². The molecule has 1 aliphatic carbocycles. The van der Waals surface area contributed by atoms with E-state index in [2.05, 4.69) is 23.5 Å². The number of nitrogens with one attached hydrogen (secondary N) is 1. The Labute approximate surface area is 104 Å². The lowest BCUT2D eigenvalue weighted by Gasteiger charge is -2.09. The van der Waals surface area contributed by atoms with E-state index in [1.165, 1.54) is 31.2 Å². The van der Waals surface area contributed by atoms with E-state index in [9.17, 15) is 0 Å². The van der Waals surface area contributed by atoms with Gasteiger partial charge in [0.15, 0.2) is 0 Å². The van der Waals surface area contributed by atoms with Crippen LogP contribution >= 0.6 is 0 Å². The van der Waals surface area contributed by atoms with Crippen molar-refractivity contribution in [1.29, 1.82) is 0 Å². The van der Waals surface area contributed by atoms with Crippen molar-refractivity contribution >= 4 is 0 Å². The molecule has 0 amide bonds. The van der Waals surface area contributed by atoms with Gasteiger partial charge in [0.1, 0.15) is 5.75 Å². The van der Waals surface area contributed by atoms with Crippen LogP contribution in [0.15, 0.2) is 35.9 Å². The number of para-hydroxylation sites is 1. The Bertz CT molecular complexity index is 384. The SMILES string of the molecule is COc1ccccc1CNCCC1=CCCC1. The Balaban J connectivity index is 1.74. The van der Waals surface area contributed by atoms with Crippen molar-refractivity contribution in [2.75, 3.05) is 13.7 Å². The minimum absolute atomic E-state index is 0.886. The smallest absolute Gasteiger partial charge is 0.123 e. The molecule has 0 bridgehead atoms. The van der Waals surface area contributed by atoms with Gasteiger partial charge in [-0.25, -0.2) is 0 Å². The number of ether oxygens (including phenoxy) is 1. The highest BCUT2D eigenvalue weighted by atomic mass is 16.5. The lowest BCUT2D eigenvalue weighted by atomic mass is 10.1. The monoisotopic (exact) mass is 231 g/mol. The highest BCUT2D eigenvalue weighted by Crippen LogP contribution is 2.20. The van der Waals surface area contributed by atoms with Crippen molar-refractivity contribution < 1.29 is 4.74 Å². The van der Waals surface area contributed by atoms with Gasteiger partial charge in [0.05, 0.1) is 7.11 Å². The molecule has 1 N–H and O–H groups in total. The standard InChI is InChI=1S/C15H21NO/c1-17-15-9-5-4-8-14(15)12-16-11-10-13-6-2-3-7-13/h4-6,8-9,16H,2-3,7,10-12H2,1H3. The van der Waals surface area contributed by atoms with Gasteiger partial charge in [-0.05, 0) is 38.3 Å². The van der Waals surface area contributed by atoms with Gasteiger partial charge in [-0.2, -0.15) is 0 Å². The molecule has 2 nitrogen and oxygen atoms in total. The summed E-state index contributed by atoms with van der Waals surface area (Å²) in [5.74, 6) is 0.972. The average molecular weight is 231 g/mol. The maximum Gasteiger partial charge on any atom is 0.123 e. The van der Waals surface area contributed by atoms with Crippen LogP contribution < -0.4 is 10.1 Å². The van der Waals surface area contributed by atoms with Crippen molar-refractivity contribution in [1.82, 2.24) is 5.32 Å².